The van der Waals surface area contributed by atoms with Crippen LogP contribution in [0.25, 0.3) is 10.6 Å². The second-order valence-corrected chi connectivity index (χ2v) is 15.1. The molecule has 1 amide bonds. The highest BCUT2D eigenvalue weighted by molar-refractivity contribution is 7.91. The van der Waals surface area contributed by atoms with E-state index < -0.39 is 45.1 Å². The number of hydrogen-bond donors (Lipinski definition) is 2. The van der Waals surface area contributed by atoms with Gasteiger partial charge in [0, 0.05) is 55.8 Å². The highest BCUT2D eigenvalue weighted by atomic mass is 32.2. The topological polar surface area (TPSA) is 104 Å². The number of carbonyl (C=O) groups excluding carboxylic acids is 1. The number of thiophene rings is 1. The Hall–Kier alpha value is -4.50. The molecule has 3 aromatic heterocycles. The van der Waals surface area contributed by atoms with Crippen molar-refractivity contribution in [2.45, 2.75) is 41.9 Å². The van der Waals surface area contributed by atoms with Crippen LogP contribution in [0.4, 0.5) is 23.2 Å². The molecule has 2 atom stereocenters. The SMILES string of the molecule is O=C(C[C@@H](c1ccc(F)cc1)c1cc(F)cc(F)c1)Nc1cncc(F)c1CCC[C@H]1CNCCN1S(=O)(=O)c1ccc(-c2ccccn2)s1. The lowest BCUT2D eigenvalue weighted by molar-refractivity contribution is -0.116. The number of piperazine rings is 1. The number of sulfonamides is 1. The van der Waals surface area contributed by atoms with E-state index in [0.29, 0.717) is 37.2 Å². The van der Waals surface area contributed by atoms with Gasteiger partial charge in [-0.3, -0.25) is 14.8 Å². The molecule has 0 saturated carbocycles. The molecule has 50 heavy (non-hydrogen) atoms. The number of carbonyl (C=O) groups is 1. The van der Waals surface area contributed by atoms with Crippen molar-refractivity contribution in [1.29, 1.82) is 0 Å². The van der Waals surface area contributed by atoms with Gasteiger partial charge in [0.05, 0.1) is 28.7 Å². The molecule has 1 aliphatic rings. The van der Waals surface area contributed by atoms with Crippen molar-refractivity contribution in [1.82, 2.24) is 19.6 Å². The van der Waals surface area contributed by atoms with Crippen molar-refractivity contribution in [3.05, 3.63) is 131 Å². The Morgan fingerprint density at radius 1 is 0.960 bits per heavy atom. The van der Waals surface area contributed by atoms with E-state index in [1.807, 2.05) is 12.1 Å². The fraction of sp³-hybridized carbons (Fsp3) is 0.250. The number of benzene rings is 2. The molecule has 2 N–H and O–H groups in total. The molecule has 0 unspecified atom stereocenters. The van der Waals surface area contributed by atoms with Crippen molar-refractivity contribution < 1.29 is 30.8 Å². The lowest BCUT2D eigenvalue weighted by Crippen LogP contribution is -2.53. The Balaban J connectivity index is 1.14. The Morgan fingerprint density at radius 2 is 1.74 bits per heavy atom. The first-order valence-electron chi connectivity index (χ1n) is 16.0. The van der Waals surface area contributed by atoms with E-state index in [2.05, 4.69) is 20.6 Å². The molecule has 1 saturated heterocycles. The van der Waals surface area contributed by atoms with Gasteiger partial charge in [-0.25, -0.2) is 26.0 Å². The van der Waals surface area contributed by atoms with Gasteiger partial charge in [-0.15, -0.1) is 11.3 Å². The Morgan fingerprint density at radius 3 is 2.48 bits per heavy atom. The number of hydrogen-bond acceptors (Lipinski definition) is 7. The van der Waals surface area contributed by atoms with Gasteiger partial charge in [-0.1, -0.05) is 18.2 Å². The van der Waals surface area contributed by atoms with Gasteiger partial charge >= 0.3 is 0 Å². The minimum absolute atomic E-state index is 0.130. The number of rotatable bonds is 12. The summed E-state index contributed by atoms with van der Waals surface area (Å²) in [6.45, 7) is 1.19. The van der Waals surface area contributed by atoms with Crippen molar-refractivity contribution in [3.63, 3.8) is 0 Å². The van der Waals surface area contributed by atoms with Crippen LogP contribution < -0.4 is 10.6 Å². The Labute approximate surface area is 291 Å². The number of aromatic nitrogens is 2. The maximum Gasteiger partial charge on any atom is 0.252 e. The number of halogens is 4. The summed E-state index contributed by atoms with van der Waals surface area (Å²) in [6, 6.07) is 16.6. The summed E-state index contributed by atoms with van der Waals surface area (Å²) in [5, 5.41) is 5.95. The van der Waals surface area contributed by atoms with Gasteiger partial charge in [0.2, 0.25) is 5.91 Å². The number of nitrogens with zero attached hydrogens (tertiary/aromatic N) is 3. The maximum atomic E-state index is 15.2. The molecule has 8 nitrogen and oxygen atoms in total. The van der Waals surface area contributed by atoms with E-state index >= 15 is 4.39 Å². The fourth-order valence-corrected chi connectivity index (χ4v) is 9.22. The minimum atomic E-state index is -3.82. The van der Waals surface area contributed by atoms with Crippen LogP contribution in [-0.2, 0) is 21.2 Å². The van der Waals surface area contributed by atoms with Gasteiger partial charge in [0.1, 0.15) is 27.5 Å². The average Bonchev–Trinajstić information content (AvgIpc) is 3.61. The molecule has 1 fully saturated rings. The maximum absolute atomic E-state index is 15.2. The van der Waals surface area contributed by atoms with Crippen molar-refractivity contribution in [2.75, 3.05) is 25.0 Å². The van der Waals surface area contributed by atoms with Crippen LogP contribution in [0, 0.1) is 23.3 Å². The average molecular weight is 724 g/mol. The predicted molar refractivity (Wildman–Crippen MR) is 183 cm³/mol. The largest absolute Gasteiger partial charge is 0.324 e. The van der Waals surface area contributed by atoms with E-state index in [4.69, 9.17) is 0 Å². The van der Waals surface area contributed by atoms with Crippen LogP contribution in [-0.4, -0.2) is 54.3 Å². The summed E-state index contributed by atoms with van der Waals surface area (Å²) in [6.07, 6.45) is 4.71. The molecule has 6 rings (SSSR count). The highest BCUT2D eigenvalue weighted by Crippen LogP contribution is 2.34. The summed E-state index contributed by atoms with van der Waals surface area (Å²) < 4.78 is 86.4. The van der Waals surface area contributed by atoms with E-state index in [-0.39, 0.29) is 46.5 Å². The van der Waals surface area contributed by atoms with Gasteiger partial charge in [-0.2, -0.15) is 4.31 Å². The Kier molecular flexibility index (Phi) is 11.0. The molecule has 2 aromatic carbocycles. The summed E-state index contributed by atoms with van der Waals surface area (Å²) in [4.78, 5) is 22.3. The number of anilines is 1. The normalized spacial score (nSPS) is 15.9. The molecule has 0 aliphatic carbocycles. The molecule has 260 valence electrons. The zero-order valence-electron chi connectivity index (χ0n) is 26.7. The van der Waals surface area contributed by atoms with Gasteiger partial charge < -0.3 is 10.6 Å². The number of nitrogens with one attached hydrogen (secondary N) is 2. The molecule has 5 aromatic rings. The minimum Gasteiger partial charge on any atom is -0.324 e. The second kappa shape index (κ2) is 15.6. The summed E-state index contributed by atoms with van der Waals surface area (Å²) >= 11 is 1.16. The van der Waals surface area contributed by atoms with Crippen molar-refractivity contribution >= 4 is 33.0 Å². The first-order valence-corrected chi connectivity index (χ1v) is 18.2. The molecular formula is C36H33F4N5O3S2. The van der Waals surface area contributed by atoms with Crippen molar-refractivity contribution in [3.8, 4) is 10.6 Å². The number of pyridine rings is 2. The van der Waals surface area contributed by atoms with E-state index in [1.54, 1.807) is 24.4 Å². The van der Waals surface area contributed by atoms with Crippen LogP contribution >= 0.6 is 11.3 Å². The van der Waals surface area contributed by atoms with Crippen LogP contribution in [0.5, 0.6) is 0 Å². The predicted octanol–water partition coefficient (Wildman–Crippen LogP) is 6.91. The van der Waals surface area contributed by atoms with E-state index in [9.17, 15) is 26.4 Å². The first-order chi connectivity index (χ1) is 24.1. The van der Waals surface area contributed by atoms with Gasteiger partial charge in [0.15, 0.2) is 0 Å². The van der Waals surface area contributed by atoms with Crippen LogP contribution in [0.1, 0.15) is 41.9 Å². The second-order valence-electron chi connectivity index (χ2n) is 11.9. The lowest BCUT2D eigenvalue weighted by atomic mass is 9.88. The molecule has 1 aliphatic heterocycles. The highest BCUT2D eigenvalue weighted by Gasteiger charge is 2.34. The fourth-order valence-electron chi connectivity index (χ4n) is 6.15. The lowest BCUT2D eigenvalue weighted by Gasteiger charge is -2.35. The summed E-state index contributed by atoms with van der Waals surface area (Å²) in [5.74, 6) is -4.21. The number of amides is 1. The quantitative estimate of drug-likeness (QED) is 0.136. The van der Waals surface area contributed by atoms with E-state index in [1.165, 1.54) is 34.8 Å². The standard InChI is InChI=1S/C36H33F4N5O3S2/c37-25-9-7-23(8-10-25)30(24-16-26(38)18-27(39)17-24)19-35(46)44-33-22-42-21-31(40)29(33)5-3-4-28-20-41-14-15-45(28)50(47,48)36-12-11-34(49-36)32-6-1-2-13-43-32/h1-2,6-13,16-18,21-22,28,30,41H,3-5,14-15,19-20H2,(H,44,46)/t28-,30-/m0/s1. The molecular weight excluding hydrogens is 691 g/mol. The van der Waals surface area contributed by atoms with Crippen LogP contribution in [0.3, 0.4) is 0 Å². The molecule has 4 heterocycles. The molecule has 14 heteroatoms. The van der Waals surface area contributed by atoms with Gasteiger partial charge in [-0.05, 0) is 78.9 Å². The third-order valence-corrected chi connectivity index (χ3v) is 12.1. The zero-order chi connectivity index (χ0) is 35.3. The third-order valence-electron chi connectivity index (χ3n) is 8.55. The van der Waals surface area contributed by atoms with Crippen molar-refractivity contribution in [2.24, 2.45) is 0 Å². The Bertz CT molecular complexity index is 2040. The summed E-state index contributed by atoms with van der Waals surface area (Å²) in [5.41, 5.74) is 1.65. The summed E-state index contributed by atoms with van der Waals surface area (Å²) in [7, 11) is -3.82. The third kappa shape index (κ3) is 8.27. The molecule has 0 spiro atoms. The first kappa shape index (κ1) is 35.3. The molecule has 0 bridgehead atoms. The van der Waals surface area contributed by atoms with Gasteiger partial charge in [0.25, 0.3) is 10.0 Å². The zero-order valence-corrected chi connectivity index (χ0v) is 28.3. The van der Waals surface area contributed by atoms with Crippen LogP contribution in [0.2, 0.25) is 0 Å². The monoisotopic (exact) mass is 723 g/mol. The molecule has 0 radical (unpaired) electrons. The van der Waals surface area contributed by atoms with E-state index in [0.717, 1.165) is 40.6 Å². The smallest absolute Gasteiger partial charge is 0.252 e. The van der Waals surface area contributed by atoms with Crippen LogP contribution in [0.15, 0.2) is 95.6 Å².